The van der Waals surface area contributed by atoms with Crippen molar-refractivity contribution in [1.29, 1.82) is 0 Å². The van der Waals surface area contributed by atoms with Crippen LogP contribution in [0.25, 0.3) is 28.2 Å². The monoisotopic (exact) mass is 322 g/mol. The molecule has 5 nitrogen and oxygen atoms in total. The number of halogens is 1. The first kappa shape index (κ1) is 13.7. The Kier molecular flexibility index (Phi) is 3.20. The van der Waals surface area contributed by atoms with Gasteiger partial charge in [0.25, 0.3) is 5.56 Å². The third-order valence-corrected chi connectivity index (χ3v) is 3.85. The average molecular weight is 323 g/mol. The summed E-state index contributed by atoms with van der Waals surface area (Å²) in [5, 5.41) is 4.80. The zero-order valence-electron chi connectivity index (χ0n) is 11.9. The van der Waals surface area contributed by atoms with Crippen molar-refractivity contribution < 1.29 is 0 Å². The third-order valence-electron chi connectivity index (χ3n) is 3.59. The number of aromatic amines is 1. The minimum absolute atomic E-state index is 0.203. The summed E-state index contributed by atoms with van der Waals surface area (Å²) in [7, 11) is 0. The molecule has 0 fully saturated rings. The van der Waals surface area contributed by atoms with Crippen LogP contribution in [0.15, 0.2) is 65.7 Å². The van der Waals surface area contributed by atoms with Crippen LogP contribution in [0.3, 0.4) is 0 Å². The Morgan fingerprint density at radius 2 is 1.91 bits per heavy atom. The maximum atomic E-state index is 12.3. The molecule has 4 aromatic rings. The van der Waals surface area contributed by atoms with Gasteiger partial charge in [-0.2, -0.15) is 9.61 Å². The zero-order valence-corrected chi connectivity index (χ0v) is 12.7. The second-order valence-corrected chi connectivity index (χ2v) is 5.50. The van der Waals surface area contributed by atoms with Crippen LogP contribution in [-0.4, -0.2) is 19.6 Å². The summed E-state index contributed by atoms with van der Waals surface area (Å²) in [5.41, 5.74) is 3.52. The van der Waals surface area contributed by atoms with E-state index < -0.39 is 0 Å². The lowest BCUT2D eigenvalue weighted by Gasteiger charge is -2.04. The molecule has 0 saturated carbocycles. The van der Waals surface area contributed by atoms with Crippen LogP contribution in [0.4, 0.5) is 0 Å². The van der Waals surface area contributed by atoms with E-state index in [4.69, 9.17) is 11.6 Å². The van der Waals surface area contributed by atoms with Gasteiger partial charge >= 0.3 is 0 Å². The summed E-state index contributed by atoms with van der Waals surface area (Å²) < 4.78 is 1.34. The molecule has 6 heteroatoms. The van der Waals surface area contributed by atoms with Crippen molar-refractivity contribution in [1.82, 2.24) is 19.6 Å². The molecule has 4 rings (SSSR count). The quantitative estimate of drug-likeness (QED) is 0.615. The molecule has 1 aromatic carbocycles. The maximum absolute atomic E-state index is 12.3. The molecule has 112 valence electrons. The standard InChI is InChI=1S/C17H11ClN4O/c18-12-6-4-11(5-7-12)15-9-16(23)22-17(21-15)13(10-20-22)14-3-1-2-8-19-14/h1-10,21H. The molecular weight excluding hydrogens is 312 g/mol. The number of H-pyrrole nitrogens is 1. The zero-order chi connectivity index (χ0) is 15.8. The second-order valence-electron chi connectivity index (χ2n) is 5.06. The van der Waals surface area contributed by atoms with Crippen molar-refractivity contribution >= 4 is 17.2 Å². The van der Waals surface area contributed by atoms with Crippen LogP contribution >= 0.6 is 11.6 Å². The summed E-state index contributed by atoms with van der Waals surface area (Å²) in [6.07, 6.45) is 3.35. The molecule has 0 amide bonds. The number of hydrogen-bond donors (Lipinski definition) is 1. The van der Waals surface area contributed by atoms with E-state index in [1.54, 1.807) is 24.5 Å². The predicted molar refractivity (Wildman–Crippen MR) is 89.5 cm³/mol. The lowest BCUT2D eigenvalue weighted by molar-refractivity contribution is 0.901. The number of nitrogens with one attached hydrogen (secondary N) is 1. The highest BCUT2D eigenvalue weighted by molar-refractivity contribution is 6.30. The van der Waals surface area contributed by atoms with Gasteiger partial charge in [-0.05, 0) is 29.8 Å². The van der Waals surface area contributed by atoms with E-state index in [1.165, 1.54) is 10.6 Å². The second kappa shape index (κ2) is 5.37. The topological polar surface area (TPSA) is 63.0 Å². The highest BCUT2D eigenvalue weighted by Gasteiger charge is 2.12. The molecule has 1 N–H and O–H groups in total. The fourth-order valence-corrected chi connectivity index (χ4v) is 2.60. The van der Waals surface area contributed by atoms with Gasteiger partial charge in [-0.1, -0.05) is 29.8 Å². The van der Waals surface area contributed by atoms with E-state index in [1.807, 2.05) is 30.3 Å². The summed E-state index contributed by atoms with van der Waals surface area (Å²) in [4.78, 5) is 19.9. The molecule has 0 radical (unpaired) electrons. The Bertz CT molecular complexity index is 1040. The van der Waals surface area contributed by atoms with E-state index in [9.17, 15) is 4.79 Å². The fourth-order valence-electron chi connectivity index (χ4n) is 2.48. The number of nitrogens with zero attached hydrogens (tertiary/aromatic N) is 3. The molecule has 0 aliphatic rings. The molecule has 23 heavy (non-hydrogen) atoms. The third kappa shape index (κ3) is 2.41. The van der Waals surface area contributed by atoms with Crippen LogP contribution in [-0.2, 0) is 0 Å². The molecule has 3 aromatic heterocycles. The lowest BCUT2D eigenvalue weighted by Crippen LogP contribution is -2.14. The predicted octanol–water partition coefficient (Wildman–Crippen LogP) is 3.41. The first-order valence-corrected chi connectivity index (χ1v) is 7.38. The number of hydrogen-bond acceptors (Lipinski definition) is 3. The van der Waals surface area contributed by atoms with Gasteiger partial charge in [-0.3, -0.25) is 9.78 Å². The molecule has 3 heterocycles. The van der Waals surface area contributed by atoms with Gasteiger partial charge < -0.3 is 4.98 Å². The van der Waals surface area contributed by atoms with Gasteiger partial charge in [-0.25, -0.2) is 0 Å². The smallest absolute Gasteiger partial charge is 0.274 e. The van der Waals surface area contributed by atoms with Crippen molar-refractivity contribution in [3.63, 3.8) is 0 Å². The van der Waals surface area contributed by atoms with Gasteiger partial charge in [0.15, 0.2) is 0 Å². The van der Waals surface area contributed by atoms with Crippen molar-refractivity contribution in [2.45, 2.75) is 0 Å². The summed E-state index contributed by atoms with van der Waals surface area (Å²) in [6, 6.07) is 14.4. The number of aromatic nitrogens is 4. The summed E-state index contributed by atoms with van der Waals surface area (Å²) in [5.74, 6) is 0. The molecule has 0 atom stereocenters. The van der Waals surface area contributed by atoms with Gasteiger partial charge in [0.05, 0.1) is 23.1 Å². The first-order chi connectivity index (χ1) is 11.2. The number of benzene rings is 1. The highest BCUT2D eigenvalue weighted by Crippen LogP contribution is 2.23. The van der Waals surface area contributed by atoms with Crippen LogP contribution < -0.4 is 5.56 Å². The van der Waals surface area contributed by atoms with E-state index >= 15 is 0 Å². The van der Waals surface area contributed by atoms with E-state index in [-0.39, 0.29) is 5.56 Å². The van der Waals surface area contributed by atoms with Crippen molar-refractivity contribution in [2.75, 3.05) is 0 Å². The van der Waals surface area contributed by atoms with Crippen LogP contribution in [0.2, 0.25) is 5.02 Å². The number of rotatable bonds is 2. The van der Waals surface area contributed by atoms with Crippen LogP contribution in [0.5, 0.6) is 0 Å². The van der Waals surface area contributed by atoms with E-state index in [2.05, 4.69) is 15.1 Å². The largest absolute Gasteiger partial charge is 0.339 e. The van der Waals surface area contributed by atoms with Gasteiger partial charge in [-0.15, -0.1) is 0 Å². The Morgan fingerprint density at radius 3 is 2.65 bits per heavy atom. The summed E-state index contributed by atoms with van der Waals surface area (Å²) >= 11 is 5.92. The van der Waals surface area contributed by atoms with Gasteiger partial charge in [0.1, 0.15) is 5.65 Å². The Hall–Kier alpha value is -2.92. The fraction of sp³-hybridized carbons (Fsp3) is 0. The van der Waals surface area contributed by atoms with Gasteiger partial charge in [0, 0.05) is 17.3 Å². The SMILES string of the molecule is O=c1cc(-c2ccc(Cl)cc2)[nH]c2c(-c3ccccn3)cnn12. The van der Waals surface area contributed by atoms with E-state index in [0.717, 1.165) is 16.8 Å². The maximum Gasteiger partial charge on any atom is 0.274 e. The molecule has 0 saturated heterocycles. The van der Waals surface area contributed by atoms with Gasteiger partial charge in [0.2, 0.25) is 0 Å². The normalized spacial score (nSPS) is 11.0. The number of fused-ring (bicyclic) bond motifs is 1. The van der Waals surface area contributed by atoms with Crippen LogP contribution in [0.1, 0.15) is 0 Å². The molecule has 0 unspecified atom stereocenters. The first-order valence-electron chi connectivity index (χ1n) is 7.01. The van der Waals surface area contributed by atoms with Crippen molar-refractivity contribution in [3.05, 3.63) is 76.3 Å². The summed E-state index contributed by atoms with van der Waals surface area (Å²) in [6.45, 7) is 0. The molecule has 0 aliphatic carbocycles. The molecule has 0 aliphatic heterocycles. The number of pyridine rings is 1. The van der Waals surface area contributed by atoms with Crippen molar-refractivity contribution in [3.8, 4) is 22.5 Å². The Labute approximate surface area is 136 Å². The highest BCUT2D eigenvalue weighted by atomic mass is 35.5. The minimum atomic E-state index is -0.203. The lowest BCUT2D eigenvalue weighted by atomic mass is 10.1. The van der Waals surface area contributed by atoms with Crippen molar-refractivity contribution in [2.24, 2.45) is 0 Å². The average Bonchev–Trinajstić information content (AvgIpc) is 3.01. The molecule has 0 spiro atoms. The minimum Gasteiger partial charge on any atom is -0.339 e. The van der Waals surface area contributed by atoms with E-state index in [0.29, 0.717) is 16.4 Å². The Morgan fingerprint density at radius 1 is 1.09 bits per heavy atom. The molecular formula is C17H11ClN4O. The van der Waals surface area contributed by atoms with Crippen LogP contribution in [0, 0.1) is 0 Å². The molecule has 0 bridgehead atoms. The Balaban J connectivity index is 1.95.